The van der Waals surface area contributed by atoms with Crippen LogP contribution in [0.2, 0.25) is 0 Å². The fraction of sp³-hybridized carbons (Fsp3) is 0.0833. The fourth-order valence-electron chi connectivity index (χ4n) is 1.69. The molecule has 5 nitrogen and oxygen atoms in total. The number of benzene rings is 1. The van der Waals surface area contributed by atoms with E-state index < -0.39 is 11.6 Å². The molecule has 0 bridgehead atoms. The van der Waals surface area contributed by atoms with Gasteiger partial charge in [-0.25, -0.2) is 13.8 Å². The van der Waals surface area contributed by atoms with E-state index in [1.54, 1.807) is 6.07 Å². The molecule has 4 N–H and O–H groups in total. The highest BCUT2D eigenvalue weighted by Gasteiger charge is 2.17. The van der Waals surface area contributed by atoms with E-state index in [9.17, 15) is 8.78 Å². The minimum absolute atomic E-state index is 0.0170. The second-order valence-electron chi connectivity index (χ2n) is 3.86. The minimum Gasteiger partial charge on any atom is -0.382 e. The SMILES string of the molecule is Cc1c(F)cc(F)cc1-c1nc(N)nc(N)c1C#N. The summed E-state index contributed by atoms with van der Waals surface area (Å²) in [5.41, 5.74) is 11.2. The Kier molecular flexibility index (Phi) is 3.00. The third-order valence-electron chi connectivity index (χ3n) is 2.63. The third-order valence-corrected chi connectivity index (χ3v) is 2.63. The molecule has 0 saturated carbocycles. The molecule has 7 heteroatoms. The Morgan fingerprint density at radius 2 is 1.89 bits per heavy atom. The van der Waals surface area contributed by atoms with E-state index in [0.29, 0.717) is 0 Å². The third kappa shape index (κ3) is 2.15. The highest BCUT2D eigenvalue weighted by molar-refractivity contribution is 5.75. The first-order valence-electron chi connectivity index (χ1n) is 5.23. The summed E-state index contributed by atoms with van der Waals surface area (Å²) in [4.78, 5) is 7.49. The molecule has 0 saturated heterocycles. The van der Waals surface area contributed by atoms with Gasteiger partial charge < -0.3 is 11.5 Å². The molecule has 0 radical (unpaired) electrons. The Morgan fingerprint density at radius 3 is 2.53 bits per heavy atom. The number of hydrogen-bond acceptors (Lipinski definition) is 5. The molecule has 19 heavy (non-hydrogen) atoms. The van der Waals surface area contributed by atoms with Gasteiger partial charge >= 0.3 is 0 Å². The van der Waals surface area contributed by atoms with Crippen molar-refractivity contribution < 1.29 is 8.78 Å². The molecule has 0 aliphatic carbocycles. The highest BCUT2D eigenvalue weighted by atomic mass is 19.1. The van der Waals surface area contributed by atoms with E-state index in [0.717, 1.165) is 12.1 Å². The average molecular weight is 261 g/mol. The molecule has 0 aliphatic rings. The second kappa shape index (κ2) is 4.49. The molecule has 0 fully saturated rings. The molecule has 1 heterocycles. The predicted octanol–water partition coefficient (Wildman–Crippen LogP) is 1.77. The van der Waals surface area contributed by atoms with Crippen molar-refractivity contribution >= 4 is 11.8 Å². The zero-order valence-corrected chi connectivity index (χ0v) is 9.91. The second-order valence-corrected chi connectivity index (χ2v) is 3.86. The van der Waals surface area contributed by atoms with E-state index in [1.165, 1.54) is 6.92 Å². The van der Waals surface area contributed by atoms with Gasteiger partial charge in [-0.3, -0.25) is 0 Å². The van der Waals surface area contributed by atoms with Crippen LogP contribution in [0.1, 0.15) is 11.1 Å². The van der Waals surface area contributed by atoms with Crippen LogP contribution in [0, 0.1) is 29.9 Å². The van der Waals surface area contributed by atoms with Gasteiger partial charge in [-0.1, -0.05) is 0 Å². The van der Waals surface area contributed by atoms with Crippen LogP contribution in [0.5, 0.6) is 0 Å². The number of rotatable bonds is 1. The summed E-state index contributed by atoms with van der Waals surface area (Å²) in [6.07, 6.45) is 0. The van der Waals surface area contributed by atoms with Gasteiger partial charge in [0.15, 0.2) is 0 Å². The monoisotopic (exact) mass is 261 g/mol. The van der Waals surface area contributed by atoms with E-state index >= 15 is 0 Å². The van der Waals surface area contributed by atoms with Crippen LogP contribution in [0.25, 0.3) is 11.3 Å². The molecule has 0 spiro atoms. The Labute approximate surface area is 107 Å². The van der Waals surface area contributed by atoms with Gasteiger partial charge in [-0.05, 0) is 18.6 Å². The fourth-order valence-corrected chi connectivity index (χ4v) is 1.69. The van der Waals surface area contributed by atoms with Crippen molar-refractivity contribution in [2.45, 2.75) is 6.92 Å². The van der Waals surface area contributed by atoms with Gasteiger partial charge in [0.25, 0.3) is 0 Å². The normalized spacial score (nSPS) is 10.2. The van der Waals surface area contributed by atoms with Crippen LogP contribution >= 0.6 is 0 Å². The van der Waals surface area contributed by atoms with E-state index in [-0.39, 0.29) is 34.2 Å². The maximum absolute atomic E-state index is 13.5. The summed E-state index contributed by atoms with van der Waals surface area (Å²) in [5.74, 6) is -1.82. The number of aromatic nitrogens is 2. The van der Waals surface area contributed by atoms with Crippen LogP contribution in [0.15, 0.2) is 12.1 Å². The van der Waals surface area contributed by atoms with Crippen molar-refractivity contribution in [1.29, 1.82) is 5.26 Å². The Balaban J connectivity index is 2.83. The molecule has 0 atom stereocenters. The molecule has 2 rings (SSSR count). The zero-order valence-electron chi connectivity index (χ0n) is 9.91. The summed E-state index contributed by atoms with van der Waals surface area (Å²) >= 11 is 0. The van der Waals surface area contributed by atoms with Crippen LogP contribution in [-0.4, -0.2) is 9.97 Å². The highest BCUT2D eigenvalue weighted by Crippen LogP contribution is 2.29. The first-order chi connectivity index (χ1) is 8.93. The minimum atomic E-state index is -0.780. The standard InChI is InChI=1S/C12H9F2N5/c1-5-7(2-6(13)3-9(5)14)10-8(4-15)11(16)19-12(17)18-10/h2-3H,1H3,(H4,16,17,18,19). The summed E-state index contributed by atoms with van der Waals surface area (Å²) in [6.45, 7) is 1.44. The maximum Gasteiger partial charge on any atom is 0.222 e. The van der Waals surface area contributed by atoms with Crippen molar-refractivity contribution in [3.63, 3.8) is 0 Å². The molecule has 1 aromatic carbocycles. The van der Waals surface area contributed by atoms with Crippen molar-refractivity contribution in [1.82, 2.24) is 9.97 Å². The van der Waals surface area contributed by atoms with Gasteiger partial charge in [-0.2, -0.15) is 10.2 Å². The van der Waals surface area contributed by atoms with E-state index in [1.807, 2.05) is 0 Å². The summed E-state index contributed by atoms with van der Waals surface area (Å²) in [7, 11) is 0. The van der Waals surface area contributed by atoms with Crippen molar-refractivity contribution in [2.75, 3.05) is 11.5 Å². The molecule has 1 aromatic heterocycles. The molecule has 0 amide bonds. The largest absolute Gasteiger partial charge is 0.382 e. The molecule has 0 unspecified atom stereocenters. The van der Waals surface area contributed by atoms with Crippen LogP contribution in [0.4, 0.5) is 20.5 Å². The lowest BCUT2D eigenvalue weighted by molar-refractivity contribution is 0.578. The van der Waals surface area contributed by atoms with Crippen molar-refractivity contribution in [2.24, 2.45) is 0 Å². The number of nitrogens with zero attached hydrogens (tertiary/aromatic N) is 3. The van der Waals surface area contributed by atoms with Crippen molar-refractivity contribution in [3.8, 4) is 17.3 Å². The Bertz CT molecular complexity index is 706. The predicted molar refractivity (Wildman–Crippen MR) is 65.7 cm³/mol. The number of nitrogen functional groups attached to an aromatic ring is 2. The van der Waals surface area contributed by atoms with Gasteiger partial charge in [0.05, 0.1) is 5.69 Å². The van der Waals surface area contributed by atoms with Gasteiger partial charge in [-0.15, -0.1) is 0 Å². The van der Waals surface area contributed by atoms with Crippen LogP contribution in [-0.2, 0) is 0 Å². The first kappa shape index (κ1) is 12.7. The number of nitrogens with two attached hydrogens (primary N) is 2. The number of hydrogen-bond donors (Lipinski definition) is 2. The topological polar surface area (TPSA) is 102 Å². The lowest BCUT2D eigenvalue weighted by Gasteiger charge is -2.10. The molecule has 96 valence electrons. The van der Waals surface area contributed by atoms with Gasteiger partial charge in [0, 0.05) is 11.6 Å². The van der Waals surface area contributed by atoms with E-state index in [4.69, 9.17) is 16.7 Å². The summed E-state index contributed by atoms with van der Waals surface area (Å²) in [5, 5.41) is 9.04. The lowest BCUT2D eigenvalue weighted by Crippen LogP contribution is -2.06. The summed E-state index contributed by atoms with van der Waals surface area (Å²) in [6, 6.07) is 3.62. The Morgan fingerprint density at radius 1 is 1.21 bits per heavy atom. The van der Waals surface area contributed by atoms with Crippen LogP contribution < -0.4 is 11.5 Å². The number of halogens is 2. The number of anilines is 2. The lowest BCUT2D eigenvalue weighted by atomic mass is 10.0. The Hall–Kier alpha value is -2.75. The molecule has 2 aromatic rings. The molecular weight excluding hydrogens is 252 g/mol. The van der Waals surface area contributed by atoms with E-state index in [2.05, 4.69) is 9.97 Å². The van der Waals surface area contributed by atoms with Gasteiger partial charge in [0.1, 0.15) is 29.1 Å². The number of nitriles is 1. The smallest absolute Gasteiger partial charge is 0.222 e. The quantitative estimate of drug-likeness (QED) is 0.814. The zero-order chi connectivity index (χ0) is 14.2. The van der Waals surface area contributed by atoms with Gasteiger partial charge in [0.2, 0.25) is 5.95 Å². The van der Waals surface area contributed by atoms with Crippen molar-refractivity contribution in [3.05, 3.63) is 34.9 Å². The molecular formula is C12H9F2N5. The average Bonchev–Trinajstić information content (AvgIpc) is 2.33. The first-order valence-corrected chi connectivity index (χ1v) is 5.23. The summed E-state index contributed by atoms with van der Waals surface area (Å²) < 4.78 is 26.8. The maximum atomic E-state index is 13.5. The van der Waals surface area contributed by atoms with Crippen LogP contribution in [0.3, 0.4) is 0 Å². The molecule has 0 aliphatic heterocycles.